The normalized spacial score (nSPS) is 12.2. The van der Waals surface area contributed by atoms with Gasteiger partial charge in [-0.2, -0.15) is 8.78 Å². The highest BCUT2D eigenvalue weighted by atomic mass is 32.2. The lowest BCUT2D eigenvalue weighted by atomic mass is 10.2. The van der Waals surface area contributed by atoms with Crippen molar-refractivity contribution in [2.24, 2.45) is 0 Å². The minimum absolute atomic E-state index is 0.103. The second-order valence-electron chi connectivity index (χ2n) is 5.94. The molecule has 1 unspecified atom stereocenters. The molecule has 8 nitrogen and oxygen atoms in total. The first-order chi connectivity index (χ1) is 14.1. The van der Waals surface area contributed by atoms with E-state index in [1.807, 2.05) is 0 Å². The van der Waals surface area contributed by atoms with Crippen molar-refractivity contribution in [1.82, 2.24) is 0 Å². The summed E-state index contributed by atoms with van der Waals surface area (Å²) in [4.78, 5) is 23.8. The topological polar surface area (TPSA) is 108 Å². The fourth-order valence-electron chi connectivity index (χ4n) is 2.32. The molecule has 0 aliphatic heterocycles. The fraction of sp³-hybridized carbons (Fsp3) is 0.263. The van der Waals surface area contributed by atoms with Gasteiger partial charge in [0.05, 0.1) is 24.7 Å². The highest BCUT2D eigenvalue weighted by molar-refractivity contribution is 7.91. The first kappa shape index (κ1) is 23.1. The van der Waals surface area contributed by atoms with Crippen LogP contribution in [0.15, 0.2) is 47.4 Å². The molecule has 0 spiro atoms. The Balaban J connectivity index is 2.04. The van der Waals surface area contributed by atoms with E-state index in [0.717, 1.165) is 24.3 Å². The molecule has 0 bridgehead atoms. The van der Waals surface area contributed by atoms with Crippen LogP contribution in [0.25, 0.3) is 0 Å². The van der Waals surface area contributed by atoms with Gasteiger partial charge in [0.25, 0.3) is 5.91 Å². The molecule has 2 rings (SSSR count). The van der Waals surface area contributed by atoms with E-state index >= 15 is 0 Å². The molecule has 0 saturated carbocycles. The van der Waals surface area contributed by atoms with E-state index in [1.165, 1.54) is 27.2 Å². The summed E-state index contributed by atoms with van der Waals surface area (Å²) >= 11 is 0. The SMILES string of the molecule is COc1ccc(NC(=O)C(C)OC(=O)c2ccc(S(=O)(=O)C(F)F)cc2)cc1OC. The first-order valence-electron chi connectivity index (χ1n) is 8.46. The van der Waals surface area contributed by atoms with Crippen molar-refractivity contribution in [2.45, 2.75) is 23.7 Å². The zero-order valence-corrected chi connectivity index (χ0v) is 17.0. The van der Waals surface area contributed by atoms with Gasteiger partial charge >= 0.3 is 11.7 Å². The molecule has 162 valence electrons. The van der Waals surface area contributed by atoms with Crippen LogP contribution < -0.4 is 14.8 Å². The maximum atomic E-state index is 12.5. The lowest BCUT2D eigenvalue weighted by Crippen LogP contribution is -2.30. The highest BCUT2D eigenvalue weighted by Crippen LogP contribution is 2.29. The van der Waals surface area contributed by atoms with Gasteiger partial charge in [-0.05, 0) is 43.3 Å². The summed E-state index contributed by atoms with van der Waals surface area (Å²) in [5.41, 5.74) is 0.274. The van der Waals surface area contributed by atoms with Gasteiger partial charge in [0.15, 0.2) is 17.6 Å². The van der Waals surface area contributed by atoms with E-state index < -0.39 is 38.5 Å². The van der Waals surface area contributed by atoms with Crippen molar-refractivity contribution >= 4 is 27.4 Å². The summed E-state index contributed by atoms with van der Waals surface area (Å²) in [6, 6.07) is 8.45. The number of methoxy groups -OCH3 is 2. The molecular weight excluding hydrogens is 424 g/mol. The van der Waals surface area contributed by atoms with Gasteiger partial charge in [0, 0.05) is 11.8 Å². The van der Waals surface area contributed by atoms with Gasteiger partial charge in [-0.25, -0.2) is 13.2 Å². The molecule has 0 radical (unpaired) electrons. The summed E-state index contributed by atoms with van der Waals surface area (Å²) in [6.45, 7) is 1.34. The molecule has 0 aliphatic rings. The van der Waals surface area contributed by atoms with Crippen LogP contribution >= 0.6 is 0 Å². The number of amides is 1. The lowest BCUT2D eigenvalue weighted by Gasteiger charge is -2.15. The van der Waals surface area contributed by atoms with Crippen LogP contribution in [0.3, 0.4) is 0 Å². The van der Waals surface area contributed by atoms with E-state index in [1.54, 1.807) is 12.1 Å². The number of halogens is 2. The zero-order valence-electron chi connectivity index (χ0n) is 16.2. The third-order valence-electron chi connectivity index (χ3n) is 3.96. The second-order valence-corrected chi connectivity index (χ2v) is 7.85. The van der Waals surface area contributed by atoms with Gasteiger partial charge in [-0.1, -0.05) is 0 Å². The van der Waals surface area contributed by atoms with Crippen molar-refractivity contribution in [2.75, 3.05) is 19.5 Å². The van der Waals surface area contributed by atoms with Gasteiger partial charge in [-0.3, -0.25) is 4.79 Å². The van der Waals surface area contributed by atoms with Gasteiger partial charge in [0.1, 0.15) is 0 Å². The molecule has 0 aliphatic carbocycles. The van der Waals surface area contributed by atoms with Crippen LogP contribution in [0.1, 0.15) is 17.3 Å². The molecule has 2 aromatic rings. The standard InChI is InChI=1S/C19H19F2NO7S/c1-11(17(23)22-13-6-9-15(27-2)16(10-13)28-3)29-18(24)12-4-7-14(8-5-12)30(25,26)19(20)21/h4-11,19H,1-3H3,(H,22,23). The van der Waals surface area contributed by atoms with Gasteiger partial charge in [0.2, 0.25) is 9.84 Å². The molecule has 30 heavy (non-hydrogen) atoms. The van der Waals surface area contributed by atoms with Gasteiger partial charge in [-0.15, -0.1) is 0 Å². The smallest absolute Gasteiger partial charge is 0.341 e. The van der Waals surface area contributed by atoms with Crippen LogP contribution in [0, 0.1) is 0 Å². The third kappa shape index (κ3) is 5.23. The molecule has 0 fully saturated rings. The van der Waals surface area contributed by atoms with Crippen molar-refractivity contribution in [1.29, 1.82) is 0 Å². The number of ether oxygens (including phenoxy) is 3. The Hall–Kier alpha value is -3.21. The number of esters is 1. The summed E-state index contributed by atoms with van der Waals surface area (Å²) in [7, 11) is -1.87. The van der Waals surface area contributed by atoms with E-state index in [-0.39, 0.29) is 5.56 Å². The van der Waals surface area contributed by atoms with E-state index in [4.69, 9.17) is 14.2 Å². The van der Waals surface area contributed by atoms with E-state index in [9.17, 15) is 26.8 Å². The number of alkyl halides is 2. The largest absolute Gasteiger partial charge is 0.493 e. The summed E-state index contributed by atoms with van der Waals surface area (Å²) in [5, 5.41) is 2.55. The number of anilines is 1. The van der Waals surface area contributed by atoms with Crippen LogP contribution in [0.2, 0.25) is 0 Å². The number of carbonyl (C=O) groups excluding carboxylic acids is 2. The van der Waals surface area contributed by atoms with Crippen molar-refractivity contribution < 1.29 is 41.0 Å². The molecular formula is C19H19F2NO7S. The molecule has 1 N–H and O–H groups in total. The van der Waals surface area contributed by atoms with Crippen molar-refractivity contribution in [3.8, 4) is 11.5 Å². The Morgan fingerprint density at radius 3 is 2.10 bits per heavy atom. The first-order valence-corrected chi connectivity index (χ1v) is 10.0. The number of benzene rings is 2. The maximum Gasteiger partial charge on any atom is 0.341 e. The van der Waals surface area contributed by atoms with E-state index in [2.05, 4.69) is 5.32 Å². The molecule has 2 aromatic carbocycles. The molecule has 0 saturated heterocycles. The van der Waals surface area contributed by atoms with Crippen LogP contribution in [0.5, 0.6) is 11.5 Å². The van der Waals surface area contributed by atoms with Crippen molar-refractivity contribution in [3.05, 3.63) is 48.0 Å². The lowest BCUT2D eigenvalue weighted by molar-refractivity contribution is -0.123. The third-order valence-corrected chi connectivity index (χ3v) is 5.36. The molecule has 11 heteroatoms. The minimum atomic E-state index is -4.77. The Labute approximate surface area is 171 Å². The Morgan fingerprint density at radius 1 is 0.967 bits per heavy atom. The molecule has 1 atom stereocenters. The number of rotatable bonds is 8. The summed E-state index contributed by atoms with van der Waals surface area (Å²) in [6.07, 6.45) is -1.20. The average Bonchev–Trinajstić information content (AvgIpc) is 2.73. The highest BCUT2D eigenvalue weighted by Gasteiger charge is 2.27. The fourth-order valence-corrected chi connectivity index (χ4v) is 3.04. The average molecular weight is 443 g/mol. The minimum Gasteiger partial charge on any atom is -0.493 e. The van der Waals surface area contributed by atoms with Crippen molar-refractivity contribution in [3.63, 3.8) is 0 Å². The Kier molecular flexibility index (Phi) is 7.33. The zero-order chi connectivity index (χ0) is 22.5. The molecule has 0 aromatic heterocycles. The Bertz CT molecular complexity index is 1020. The van der Waals surface area contributed by atoms with Crippen LogP contribution in [-0.4, -0.2) is 46.4 Å². The van der Waals surface area contributed by atoms with Crippen LogP contribution in [-0.2, 0) is 19.4 Å². The number of sulfone groups is 1. The van der Waals surface area contributed by atoms with E-state index in [0.29, 0.717) is 17.2 Å². The predicted molar refractivity (Wildman–Crippen MR) is 103 cm³/mol. The number of nitrogens with one attached hydrogen (secondary N) is 1. The Morgan fingerprint density at radius 2 is 1.57 bits per heavy atom. The predicted octanol–water partition coefficient (Wildman–Crippen LogP) is 2.88. The van der Waals surface area contributed by atoms with Crippen LogP contribution in [0.4, 0.5) is 14.5 Å². The summed E-state index contributed by atoms with van der Waals surface area (Å²) in [5.74, 6) is -4.28. The number of hydrogen-bond acceptors (Lipinski definition) is 7. The molecule has 0 heterocycles. The van der Waals surface area contributed by atoms with Gasteiger partial charge < -0.3 is 19.5 Å². The molecule has 1 amide bonds. The number of carbonyl (C=O) groups is 2. The number of hydrogen-bond donors (Lipinski definition) is 1. The summed E-state index contributed by atoms with van der Waals surface area (Å²) < 4.78 is 63.2. The second kappa shape index (κ2) is 9.53. The maximum absolute atomic E-state index is 12.5. The monoisotopic (exact) mass is 443 g/mol. The quantitative estimate of drug-likeness (QED) is 0.625.